The topological polar surface area (TPSA) is 57.6 Å². The molecule has 0 radical (unpaired) electrons. The maximum atomic E-state index is 13.4. The van der Waals surface area contributed by atoms with Crippen LogP contribution in [0, 0.1) is 20.8 Å². The van der Waals surface area contributed by atoms with Crippen molar-refractivity contribution in [1.29, 1.82) is 0 Å². The van der Waals surface area contributed by atoms with Crippen molar-refractivity contribution >= 4 is 28.7 Å². The van der Waals surface area contributed by atoms with Gasteiger partial charge in [-0.15, -0.1) is 11.3 Å². The van der Waals surface area contributed by atoms with Gasteiger partial charge in [-0.3, -0.25) is 9.59 Å². The molecule has 0 fully saturated rings. The van der Waals surface area contributed by atoms with Crippen LogP contribution in [0.5, 0.6) is 0 Å². The summed E-state index contributed by atoms with van der Waals surface area (Å²) >= 11 is 1.38. The molecular weight excluding hydrogens is 382 g/mol. The van der Waals surface area contributed by atoms with Gasteiger partial charge < -0.3 is 10.0 Å². The molecule has 1 unspecified atom stereocenters. The van der Waals surface area contributed by atoms with E-state index in [9.17, 15) is 14.7 Å². The highest BCUT2D eigenvalue weighted by molar-refractivity contribution is 7.14. The van der Waals surface area contributed by atoms with E-state index in [0.717, 1.165) is 21.6 Å². The molecule has 4 rings (SSSR count). The van der Waals surface area contributed by atoms with E-state index in [1.807, 2.05) is 51.1 Å². The Kier molecular flexibility index (Phi) is 4.89. The summed E-state index contributed by atoms with van der Waals surface area (Å²) < 4.78 is 0. The van der Waals surface area contributed by atoms with E-state index in [1.54, 1.807) is 23.1 Å². The van der Waals surface area contributed by atoms with Gasteiger partial charge in [-0.2, -0.15) is 0 Å². The van der Waals surface area contributed by atoms with Gasteiger partial charge in [0.2, 0.25) is 0 Å². The molecule has 2 aromatic carbocycles. The van der Waals surface area contributed by atoms with Crippen LogP contribution in [-0.2, 0) is 16.9 Å². The number of hydrogen-bond donors (Lipinski definition) is 1. The van der Waals surface area contributed by atoms with E-state index in [1.165, 1.54) is 11.3 Å². The number of amides is 1. The number of nitrogens with zero attached hydrogens (tertiary/aromatic N) is 1. The molecule has 1 aliphatic heterocycles. The monoisotopic (exact) mass is 405 g/mol. The Morgan fingerprint density at radius 3 is 2.52 bits per heavy atom. The van der Waals surface area contributed by atoms with Crippen LogP contribution in [0.4, 0.5) is 5.69 Å². The van der Waals surface area contributed by atoms with Crippen molar-refractivity contribution in [2.75, 3.05) is 4.90 Å². The quantitative estimate of drug-likeness (QED) is 0.627. The first-order valence-corrected chi connectivity index (χ1v) is 10.4. The van der Waals surface area contributed by atoms with Crippen molar-refractivity contribution in [2.45, 2.75) is 39.3 Å². The Bertz CT molecular complexity index is 1120. The van der Waals surface area contributed by atoms with Crippen LogP contribution in [0.15, 0.2) is 54.6 Å². The number of aryl methyl sites for hydroxylation is 3. The van der Waals surface area contributed by atoms with Crippen molar-refractivity contribution in [3.8, 4) is 0 Å². The minimum Gasteiger partial charge on any atom is -0.375 e. The highest BCUT2D eigenvalue weighted by Gasteiger charge is 2.50. The third kappa shape index (κ3) is 3.41. The summed E-state index contributed by atoms with van der Waals surface area (Å²) in [6.07, 6.45) is -0.258. The Morgan fingerprint density at radius 1 is 1.07 bits per heavy atom. The standard InChI is InChI=1S/C24H23NO3S/c1-15-8-10-18(16(2)12-15)14-25-20-7-5-4-6-19(20)24(28,23(25)27)13-21(26)22-11-9-17(3)29-22/h4-12,28H,13-14H2,1-3H3. The normalized spacial score (nSPS) is 18.2. The zero-order valence-electron chi connectivity index (χ0n) is 16.7. The number of Topliss-reactive ketones (excluding diaryl/α,β-unsaturated/α-hetero) is 1. The molecule has 0 spiro atoms. The molecule has 1 aliphatic rings. The molecule has 1 amide bonds. The van der Waals surface area contributed by atoms with Gasteiger partial charge in [0.1, 0.15) is 0 Å². The Labute approximate surface area is 174 Å². The van der Waals surface area contributed by atoms with E-state index < -0.39 is 11.5 Å². The molecule has 148 valence electrons. The van der Waals surface area contributed by atoms with Gasteiger partial charge in [0.05, 0.1) is 23.5 Å². The van der Waals surface area contributed by atoms with E-state index in [0.29, 0.717) is 22.7 Å². The lowest BCUT2D eigenvalue weighted by Gasteiger charge is -2.23. The van der Waals surface area contributed by atoms with Crippen LogP contribution >= 0.6 is 11.3 Å². The number of para-hydroxylation sites is 1. The lowest BCUT2D eigenvalue weighted by Crippen LogP contribution is -2.41. The molecular formula is C24H23NO3S. The van der Waals surface area contributed by atoms with Crippen LogP contribution in [0.2, 0.25) is 0 Å². The number of thiophene rings is 1. The van der Waals surface area contributed by atoms with E-state index in [-0.39, 0.29) is 12.2 Å². The maximum absolute atomic E-state index is 13.4. The summed E-state index contributed by atoms with van der Waals surface area (Å²) in [5, 5.41) is 11.4. The van der Waals surface area contributed by atoms with Gasteiger partial charge in [0, 0.05) is 10.4 Å². The summed E-state index contributed by atoms with van der Waals surface area (Å²) in [6.45, 7) is 6.34. The van der Waals surface area contributed by atoms with Crippen molar-refractivity contribution in [3.05, 3.63) is 86.6 Å². The zero-order valence-corrected chi connectivity index (χ0v) is 17.5. The molecule has 0 bridgehead atoms. The highest BCUT2D eigenvalue weighted by atomic mass is 32.1. The first-order chi connectivity index (χ1) is 13.8. The van der Waals surface area contributed by atoms with Crippen molar-refractivity contribution in [2.24, 2.45) is 0 Å². The zero-order chi connectivity index (χ0) is 20.8. The predicted molar refractivity (Wildman–Crippen MR) is 115 cm³/mol. The Hall–Kier alpha value is -2.76. The summed E-state index contributed by atoms with van der Waals surface area (Å²) in [4.78, 5) is 29.4. The van der Waals surface area contributed by atoms with Gasteiger partial charge in [-0.05, 0) is 50.1 Å². The summed E-state index contributed by atoms with van der Waals surface area (Å²) in [6, 6.07) is 16.9. The molecule has 29 heavy (non-hydrogen) atoms. The number of benzene rings is 2. The first kappa shape index (κ1) is 19.6. The third-order valence-electron chi connectivity index (χ3n) is 5.50. The first-order valence-electron chi connectivity index (χ1n) is 9.59. The van der Waals surface area contributed by atoms with E-state index >= 15 is 0 Å². The maximum Gasteiger partial charge on any atom is 0.264 e. The second kappa shape index (κ2) is 7.25. The van der Waals surface area contributed by atoms with Crippen LogP contribution in [0.1, 0.15) is 43.2 Å². The number of carbonyl (C=O) groups excluding carboxylic acids is 2. The summed E-state index contributed by atoms with van der Waals surface area (Å²) in [7, 11) is 0. The van der Waals surface area contributed by atoms with E-state index in [2.05, 4.69) is 6.07 Å². The average molecular weight is 406 g/mol. The number of anilines is 1. The number of aliphatic hydroxyl groups is 1. The molecule has 1 atom stereocenters. The van der Waals surface area contributed by atoms with Crippen molar-refractivity contribution in [3.63, 3.8) is 0 Å². The fraction of sp³-hybridized carbons (Fsp3) is 0.250. The lowest BCUT2D eigenvalue weighted by atomic mass is 9.89. The predicted octanol–water partition coefficient (Wildman–Crippen LogP) is 4.68. The van der Waals surface area contributed by atoms with Crippen LogP contribution in [0.3, 0.4) is 0 Å². The lowest BCUT2D eigenvalue weighted by molar-refractivity contribution is -0.136. The number of fused-ring (bicyclic) bond motifs is 1. The average Bonchev–Trinajstić information content (AvgIpc) is 3.20. The molecule has 0 saturated heterocycles. The molecule has 0 saturated carbocycles. The largest absolute Gasteiger partial charge is 0.375 e. The molecule has 1 N–H and O–H groups in total. The summed E-state index contributed by atoms with van der Waals surface area (Å²) in [5.74, 6) is -0.664. The second-order valence-electron chi connectivity index (χ2n) is 7.71. The minimum absolute atomic E-state index is 0.220. The summed E-state index contributed by atoms with van der Waals surface area (Å²) in [5.41, 5.74) is 2.59. The van der Waals surface area contributed by atoms with Crippen molar-refractivity contribution in [1.82, 2.24) is 0 Å². The van der Waals surface area contributed by atoms with Gasteiger partial charge in [0.15, 0.2) is 11.4 Å². The van der Waals surface area contributed by atoms with E-state index in [4.69, 9.17) is 0 Å². The number of ketones is 1. The van der Waals surface area contributed by atoms with Gasteiger partial charge in [-0.1, -0.05) is 42.0 Å². The minimum atomic E-state index is -1.84. The third-order valence-corrected chi connectivity index (χ3v) is 6.54. The van der Waals surface area contributed by atoms with Crippen LogP contribution < -0.4 is 4.90 Å². The molecule has 0 aliphatic carbocycles. The van der Waals surface area contributed by atoms with Gasteiger partial charge in [0.25, 0.3) is 5.91 Å². The molecule has 3 aromatic rings. The Morgan fingerprint density at radius 2 is 1.83 bits per heavy atom. The molecule has 1 aromatic heterocycles. The van der Waals surface area contributed by atoms with Gasteiger partial charge >= 0.3 is 0 Å². The smallest absolute Gasteiger partial charge is 0.264 e. The highest BCUT2D eigenvalue weighted by Crippen LogP contribution is 2.44. The van der Waals surface area contributed by atoms with Crippen LogP contribution in [0.25, 0.3) is 0 Å². The number of rotatable bonds is 5. The molecule has 2 heterocycles. The van der Waals surface area contributed by atoms with Gasteiger partial charge in [-0.25, -0.2) is 0 Å². The Balaban J connectivity index is 1.69. The second-order valence-corrected chi connectivity index (χ2v) is 9.00. The molecule has 4 nitrogen and oxygen atoms in total. The molecule has 5 heteroatoms. The fourth-order valence-corrected chi connectivity index (χ4v) is 4.74. The number of hydrogen-bond acceptors (Lipinski definition) is 4. The SMILES string of the molecule is Cc1ccc(CN2C(=O)C(O)(CC(=O)c3ccc(C)s3)c3ccccc32)c(C)c1. The van der Waals surface area contributed by atoms with Crippen LogP contribution in [-0.4, -0.2) is 16.8 Å². The fourth-order valence-electron chi connectivity index (χ4n) is 3.93. The van der Waals surface area contributed by atoms with Crippen molar-refractivity contribution < 1.29 is 14.7 Å². The number of carbonyl (C=O) groups is 2.